The highest BCUT2D eigenvalue weighted by Crippen LogP contribution is 2.37. The smallest absolute Gasteiger partial charge is 0.249 e. The lowest BCUT2D eigenvalue weighted by molar-refractivity contribution is 0.513. The monoisotopic (exact) mass is 408 g/mol. The molecule has 142 valence electrons. The number of benzene rings is 2. The number of rotatable bonds is 0. The van der Waals surface area contributed by atoms with Gasteiger partial charge in [0, 0.05) is 0 Å². The van der Waals surface area contributed by atoms with Crippen molar-refractivity contribution < 1.29 is 26.4 Å². The van der Waals surface area contributed by atoms with Crippen LogP contribution in [-0.2, 0) is 0 Å². The number of aromatic nitrogens is 2. The molecule has 0 amide bonds. The van der Waals surface area contributed by atoms with Gasteiger partial charge in [-0.3, -0.25) is 0 Å². The lowest BCUT2D eigenvalue weighted by Gasteiger charge is -2.05. The van der Waals surface area contributed by atoms with Crippen LogP contribution in [0, 0.1) is 68.6 Å². The van der Waals surface area contributed by atoms with Crippen LogP contribution in [0.15, 0.2) is 8.83 Å². The molecule has 0 N–H and O–H groups in total. The standard InChI is InChI=1S/C18F4N6O2/c19-9-7-8(15-14(12(9)22)28-17(29-15)5(1-23)2-24)11(21)16-13(10(7)20)27-18(30-16)6(3-25)4-26. The summed E-state index contributed by atoms with van der Waals surface area (Å²) in [5.41, 5.74) is -6.36. The Hall–Kier alpha value is -4.94. The molecule has 0 fully saturated rings. The Kier molecular flexibility index (Phi) is 3.87. The SMILES string of the molecule is N#CC(C#N)=c1nc2c(F)c3c(F)c(F)c4nc(=C(C#N)C#N)oc4c3c(F)c2o1. The predicted molar refractivity (Wildman–Crippen MR) is 87.4 cm³/mol. The summed E-state index contributed by atoms with van der Waals surface area (Å²) in [5, 5.41) is 33.4. The van der Waals surface area contributed by atoms with Crippen LogP contribution in [0.3, 0.4) is 0 Å². The van der Waals surface area contributed by atoms with E-state index in [2.05, 4.69) is 9.97 Å². The fourth-order valence-corrected chi connectivity index (χ4v) is 2.80. The maximum Gasteiger partial charge on any atom is 0.249 e. The number of fused-ring (bicyclic) bond motifs is 4. The van der Waals surface area contributed by atoms with Crippen molar-refractivity contribution in [3.05, 3.63) is 34.4 Å². The first kappa shape index (κ1) is 18.4. The zero-order valence-electron chi connectivity index (χ0n) is 14.0. The second kappa shape index (κ2) is 6.30. The van der Waals surface area contributed by atoms with E-state index in [0.29, 0.717) is 0 Å². The zero-order valence-corrected chi connectivity index (χ0v) is 14.0. The van der Waals surface area contributed by atoms with Gasteiger partial charge < -0.3 is 8.83 Å². The van der Waals surface area contributed by atoms with Crippen molar-refractivity contribution in [3.8, 4) is 24.3 Å². The highest BCUT2D eigenvalue weighted by molar-refractivity contribution is 6.09. The van der Waals surface area contributed by atoms with Crippen molar-refractivity contribution in [1.29, 1.82) is 21.0 Å². The van der Waals surface area contributed by atoms with Gasteiger partial charge in [0.05, 0.1) is 10.8 Å². The molecule has 0 bridgehead atoms. The summed E-state index contributed by atoms with van der Waals surface area (Å²) in [7, 11) is 0. The van der Waals surface area contributed by atoms with Crippen LogP contribution in [0.1, 0.15) is 0 Å². The van der Waals surface area contributed by atoms with Crippen LogP contribution < -0.4 is 11.1 Å². The van der Waals surface area contributed by atoms with Gasteiger partial charge in [-0.05, 0) is 0 Å². The molecule has 0 saturated heterocycles. The first-order valence-electron chi connectivity index (χ1n) is 7.61. The summed E-state index contributed by atoms with van der Waals surface area (Å²) < 4.78 is 69.2. The number of halogens is 4. The molecule has 0 aliphatic heterocycles. The fourth-order valence-electron chi connectivity index (χ4n) is 2.80. The van der Waals surface area contributed by atoms with Gasteiger partial charge in [0.25, 0.3) is 0 Å². The van der Waals surface area contributed by atoms with Gasteiger partial charge >= 0.3 is 0 Å². The molecule has 0 spiro atoms. The minimum atomic E-state index is -1.83. The van der Waals surface area contributed by atoms with Gasteiger partial charge in [0.15, 0.2) is 45.6 Å². The summed E-state index contributed by atoms with van der Waals surface area (Å²) in [6.07, 6.45) is 0. The Balaban J connectivity index is 2.37. The van der Waals surface area contributed by atoms with Crippen molar-refractivity contribution in [2.75, 3.05) is 0 Å². The van der Waals surface area contributed by atoms with Crippen LogP contribution in [0.25, 0.3) is 44.1 Å². The van der Waals surface area contributed by atoms with E-state index >= 15 is 4.39 Å². The van der Waals surface area contributed by atoms with E-state index in [4.69, 9.17) is 29.9 Å². The highest BCUT2D eigenvalue weighted by Gasteiger charge is 2.29. The molecule has 2 aromatic carbocycles. The van der Waals surface area contributed by atoms with Crippen LogP contribution >= 0.6 is 0 Å². The molecule has 0 unspecified atom stereocenters. The molecule has 0 saturated carbocycles. The van der Waals surface area contributed by atoms with E-state index in [1.54, 1.807) is 0 Å². The third-order valence-corrected chi connectivity index (χ3v) is 4.07. The molecule has 0 aliphatic carbocycles. The van der Waals surface area contributed by atoms with Crippen LogP contribution in [0.5, 0.6) is 0 Å². The maximum atomic E-state index is 15.2. The third kappa shape index (κ3) is 2.22. The lowest BCUT2D eigenvalue weighted by Crippen LogP contribution is -2.04. The van der Waals surface area contributed by atoms with Gasteiger partial charge in [0.1, 0.15) is 35.3 Å². The molecule has 4 rings (SSSR count). The van der Waals surface area contributed by atoms with Crippen LogP contribution in [0.2, 0.25) is 0 Å². The molecule has 2 heterocycles. The molecule has 0 atom stereocenters. The Bertz CT molecular complexity index is 1710. The summed E-state index contributed by atoms with van der Waals surface area (Å²) in [6, 6.07) is 5.67. The van der Waals surface area contributed by atoms with E-state index in [1.807, 2.05) is 0 Å². The van der Waals surface area contributed by atoms with Crippen molar-refractivity contribution in [1.82, 2.24) is 9.97 Å². The maximum absolute atomic E-state index is 15.2. The van der Waals surface area contributed by atoms with E-state index in [0.717, 1.165) is 0 Å². The van der Waals surface area contributed by atoms with Gasteiger partial charge in [0.2, 0.25) is 11.1 Å². The van der Waals surface area contributed by atoms with Crippen molar-refractivity contribution in [2.24, 2.45) is 0 Å². The number of nitrogens with zero attached hydrogens (tertiary/aromatic N) is 6. The van der Waals surface area contributed by atoms with Crippen LogP contribution in [-0.4, -0.2) is 9.97 Å². The number of hydrogen-bond acceptors (Lipinski definition) is 8. The van der Waals surface area contributed by atoms with E-state index < -0.39 is 78.5 Å². The van der Waals surface area contributed by atoms with Gasteiger partial charge in [-0.15, -0.1) is 0 Å². The Labute approximate surface area is 161 Å². The summed E-state index contributed by atoms with van der Waals surface area (Å²) in [4.78, 5) is 6.97. The zero-order chi connectivity index (χ0) is 21.7. The minimum Gasteiger partial charge on any atom is -0.434 e. The largest absolute Gasteiger partial charge is 0.434 e. The summed E-state index contributed by atoms with van der Waals surface area (Å²) in [6.45, 7) is 0. The molecule has 12 heteroatoms. The topological polar surface area (TPSA) is 147 Å². The van der Waals surface area contributed by atoms with Gasteiger partial charge in [-0.2, -0.15) is 21.0 Å². The van der Waals surface area contributed by atoms with Crippen LogP contribution in [0.4, 0.5) is 17.6 Å². The van der Waals surface area contributed by atoms with Gasteiger partial charge in [-0.1, -0.05) is 0 Å². The molecular formula is C18F4N6O2. The molecule has 2 aromatic heterocycles. The fraction of sp³-hybridized carbons (Fsp3) is 0. The summed E-state index contributed by atoms with van der Waals surface area (Å²) in [5.74, 6) is -6.55. The van der Waals surface area contributed by atoms with Gasteiger partial charge in [-0.25, -0.2) is 27.5 Å². The second-order valence-electron chi connectivity index (χ2n) is 5.60. The number of hydrogen-bond donors (Lipinski definition) is 0. The summed E-state index contributed by atoms with van der Waals surface area (Å²) >= 11 is 0. The first-order chi connectivity index (χ1) is 14.4. The quantitative estimate of drug-likeness (QED) is 0.402. The molecule has 4 aromatic rings. The second-order valence-corrected chi connectivity index (χ2v) is 5.60. The predicted octanol–water partition coefficient (Wildman–Crippen LogP) is 2.07. The van der Waals surface area contributed by atoms with Crippen molar-refractivity contribution >= 4 is 44.1 Å². The Morgan fingerprint density at radius 1 is 0.600 bits per heavy atom. The molecule has 0 aliphatic rings. The van der Waals surface area contributed by atoms with E-state index in [1.165, 1.54) is 24.3 Å². The lowest BCUT2D eigenvalue weighted by atomic mass is 10.1. The average molecular weight is 408 g/mol. The van der Waals surface area contributed by atoms with Crippen molar-refractivity contribution in [3.63, 3.8) is 0 Å². The highest BCUT2D eigenvalue weighted by atomic mass is 19.2. The first-order valence-corrected chi connectivity index (χ1v) is 7.61. The Morgan fingerprint density at radius 3 is 1.57 bits per heavy atom. The molecule has 0 radical (unpaired) electrons. The molecule has 30 heavy (non-hydrogen) atoms. The normalized spacial score (nSPS) is 10.5. The molecule has 8 nitrogen and oxygen atoms in total. The van der Waals surface area contributed by atoms with Crippen molar-refractivity contribution in [2.45, 2.75) is 0 Å². The number of nitriles is 4. The van der Waals surface area contributed by atoms with E-state index in [-0.39, 0.29) is 0 Å². The molecular weight excluding hydrogens is 408 g/mol. The number of oxazole rings is 2. The van der Waals surface area contributed by atoms with E-state index in [9.17, 15) is 13.2 Å². The third-order valence-electron chi connectivity index (χ3n) is 4.07. The minimum absolute atomic E-state index is 0.713. The Morgan fingerprint density at radius 2 is 1.07 bits per heavy atom. The average Bonchev–Trinajstić information content (AvgIpc) is 3.37.